The molecule has 10 heteroatoms. The average molecular weight is 486 g/mol. The van der Waals surface area contributed by atoms with Crippen molar-refractivity contribution in [1.29, 1.82) is 0 Å². The van der Waals surface area contributed by atoms with E-state index in [0.717, 1.165) is 16.6 Å². The molecule has 0 fully saturated rings. The second kappa shape index (κ2) is 12.0. The van der Waals surface area contributed by atoms with E-state index < -0.39 is 23.4 Å². The minimum atomic E-state index is -1.99. The number of anilines is 1. The number of alkyl halides is 2. The molecule has 0 spiro atoms. The molecule has 0 saturated heterocycles. The number of ether oxygens (including phenoxy) is 2. The molecule has 32 heavy (non-hydrogen) atoms. The van der Waals surface area contributed by atoms with Crippen LogP contribution in [-0.2, 0) is 30.3 Å². The highest BCUT2D eigenvalue weighted by Crippen LogP contribution is 2.28. The Kier molecular flexibility index (Phi) is 9.65. The number of H-pyrrole nitrogens is 1. The SMILES string of the molecule is CCOC(=O)C(Cc1c[nH]c2cc(N(CCCl)CCCl)ccc12)(NC(C)=O)C(=O)OCC. The number of hydrogen-bond acceptors (Lipinski definition) is 6. The molecule has 1 aromatic heterocycles. The first kappa shape index (κ1) is 25.8. The maximum absolute atomic E-state index is 12.9. The smallest absolute Gasteiger partial charge is 0.344 e. The summed E-state index contributed by atoms with van der Waals surface area (Å²) in [5, 5.41) is 3.29. The minimum Gasteiger partial charge on any atom is -0.464 e. The summed E-state index contributed by atoms with van der Waals surface area (Å²) in [6.45, 7) is 5.87. The Bertz CT molecular complexity index is 923. The molecule has 2 N–H and O–H groups in total. The maximum atomic E-state index is 12.9. The fourth-order valence-electron chi connectivity index (χ4n) is 3.56. The predicted molar refractivity (Wildman–Crippen MR) is 125 cm³/mol. The molecule has 2 aromatic rings. The second-order valence-corrected chi connectivity index (χ2v) is 7.87. The molecule has 0 atom stereocenters. The molecule has 0 radical (unpaired) electrons. The quantitative estimate of drug-likeness (QED) is 0.272. The Morgan fingerprint density at radius 3 is 2.16 bits per heavy atom. The van der Waals surface area contributed by atoms with Crippen LogP contribution in [0.4, 0.5) is 5.69 Å². The minimum absolute atomic E-state index is 0.0494. The van der Waals surface area contributed by atoms with Crippen LogP contribution >= 0.6 is 23.2 Å². The van der Waals surface area contributed by atoms with Gasteiger partial charge in [-0.3, -0.25) is 4.79 Å². The van der Waals surface area contributed by atoms with Gasteiger partial charge in [0.2, 0.25) is 11.4 Å². The van der Waals surface area contributed by atoms with Crippen LogP contribution in [0.25, 0.3) is 10.9 Å². The van der Waals surface area contributed by atoms with Gasteiger partial charge in [-0.2, -0.15) is 0 Å². The number of halogens is 2. The summed E-state index contributed by atoms with van der Waals surface area (Å²) in [4.78, 5) is 43.0. The van der Waals surface area contributed by atoms with Gasteiger partial charge in [0.25, 0.3) is 0 Å². The van der Waals surface area contributed by atoms with Crippen molar-refractivity contribution in [2.45, 2.75) is 32.7 Å². The summed E-state index contributed by atoms with van der Waals surface area (Å²) in [5.41, 5.74) is 0.407. The number of rotatable bonds is 12. The summed E-state index contributed by atoms with van der Waals surface area (Å²) in [6, 6.07) is 5.77. The van der Waals surface area contributed by atoms with Crippen LogP contribution in [0.2, 0.25) is 0 Å². The van der Waals surface area contributed by atoms with Crippen molar-refractivity contribution in [3.63, 3.8) is 0 Å². The lowest BCUT2D eigenvalue weighted by Crippen LogP contribution is -2.62. The molecule has 1 heterocycles. The van der Waals surface area contributed by atoms with E-state index in [0.29, 0.717) is 30.4 Å². The lowest BCUT2D eigenvalue weighted by Gasteiger charge is -2.29. The van der Waals surface area contributed by atoms with Crippen LogP contribution < -0.4 is 10.2 Å². The standard InChI is InChI=1S/C22H29Cl2N3O5/c1-4-31-20(29)22(26-15(3)28,21(30)32-5-2)13-16-14-25-19-12-17(6-7-18(16)19)27(10-8-23)11-9-24/h6-7,12,14,25H,4-5,8-11,13H2,1-3H3,(H,26,28). The third-order valence-electron chi connectivity index (χ3n) is 4.92. The zero-order valence-electron chi connectivity index (χ0n) is 18.5. The zero-order valence-corrected chi connectivity index (χ0v) is 20.0. The van der Waals surface area contributed by atoms with E-state index in [9.17, 15) is 14.4 Å². The van der Waals surface area contributed by atoms with Crippen LogP contribution in [0.3, 0.4) is 0 Å². The van der Waals surface area contributed by atoms with Crippen LogP contribution in [0.5, 0.6) is 0 Å². The molecule has 0 bridgehead atoms. The Morgan fingerprint density at radius 1 is 1.06 bits per heavy atom. The highest BCUT2D eigenvalue weighted by Gasteiger charge is 2.50. The molecule has 2 rings (SSSR count). The molecular weight excluding hydrogens is 457 g/mol. The molecule has 0 saturated carbocycles. The van der Waals surface area contributed by atoms with Crippen LogP contribution in [0.15, 0.2) is 24.4 Å². The Hall–Kier alpha value is -2.45. The van der Waals surface area contributed by atoms with Crippen molar-refractivity contribution in [3.05, 3.63) is 30.0 Å². The first-order valence-corrected chi connectivity index (χ1v) is 11.5. The van der Waals surface area contributed by atoms with Gasteiger partial charge in [-0.1, -0.05) is 6.07 Å². The number of nitrogens with one attached hydrogen (secondary N) is 2. The molecule has 1 amide bonds. The predicted octanol–water partition coefficient (Wildman–Crippen LogP) is 3.00. The van der Waals surface area contributed by atoms with E-state index in [4.69, 9.17) is 32.7 Å². The van der Waals surface area contributed by atoms with Gasteiger partial charge >= 0.3 is 11.9 Å². The number of nitrogens with zero attached hydrogens (tertiary/aromatic N) is 1. The van der Waals surface area contributed by atoms with Gasteiger partial charge in [0, 0.05) is 61.0 Å². The number of carbonyl (C=O) groups is 3. The lowest BCUT2D eigenvalue weighted by atomic mass is 9.90. The summed E-state index contributed by atoms with van der Waals surface area (Å²) in [6.07, 6.45) is 1.58. The summed E-state index contributed by atoms with van der Waals surface area (Å²) >= 11 is 11.8. The molecule has 0 aliphatic heterocycles. The number of hydrogen-bond donors (Lipinski definition) is 2. The number of amides is 1. The van der Waals surface area contributed by atoms with Crippen LogP contribution in [0, 0.1) is 0 Å². The number of esters is 2. The van der Waals surface area contributed by atoms with Crippen molar-refractivity contribution in [2.24, 2.45) is 0 Å². The Balaban J connectivity index is 2.50. The van der Waals surface area contributed by atoms with Crippen molar-refractivity contribution in [1.82, 2.24) is 10.3 Å². The van der Waals surface area contributed by atoms with Gasteiger partial charge in [-0.15, -0.1) is 23.2 Å². The summed E-state index contributed by atoms with van der Waals surface area (Å²) < 4.78 is 10.3. The Labute approximate surface area is 197 Å². The average Bonchev–Trinajstić information content (AvgIpc) is 3.14. The van der Waals surface area contributed by atoms with Gasteiger partial charge < -0.3 is 24.7 Å². The van der Waals surface area contributed by atoms with Crippen molar-refractivity contribution in [3.8, 4) is 0 Å². The van der Waals surface area contributed by atoms with Crippen molar-refractivity contribution < 1.29 is 23.9 Å². The molecule has 0 aliphatic rings. The number of benzene rings is 1. The van der Waals surface area contributed by atoms with Crippen molar-refractivity contribution >= 4 is 57.6 Å². The fraction of sp³-hybridized carbons (Fsp3) is 0.500. The number of fused-ring (bicyclic) bond motifs is 1. The highest BCUT2D eigenvalue weighted by molar-refractivity contribution is 6.18. The molecular formula is C22H29Cl2N3O5. The van der Waals surface area contributed by atoms with Gasteiger partial charge in [0.15, 0.2) is 0 Å². The third-order valence-corrected chi connectivity index (χ3v) is 5.26. The Morgan fingerprint density at radius 2 is 1.66 bits per heavy atom. The van der Waals surface area contributed by atoms with Gasteiger partial charge in [-0.25, -0.2) is 9.59 Å². The van der Waals surface area contributed by atoms with Gasteiger partial charge in [0.05, 0.1) is 13.2 Å². The molecule has 1 aromatic carbocycles. The topological polar surface area (TPSA) is 101 Å². The molecule has 0 aliphatic carbocycles. The largest absolute Gasteiger partial charge is 0.464 e. The van der Waals surface area contributed by atoms with E-state index in [1.807, 2.05) is 18.2 Å². The number of carbonyl (C=O) groups excluding carboxylic acids is 3. The first-order valence-electron chi connectivity index (χ1n) is 10.4. The second-order valence-electron chi connectivity index (χ2n) is 7.11. The maximum Gasteiger partial charge on any atom is 0.344 e. The van der Waals surface area contributed by atoms with Gasteiger partial charge in [-0.05, 0) is 31.5 Å². The number of aromatic nitrogens is 1. The highest BCUT2D eigenvalue weighted by atomic mass is 35.5. The number of aromatic amines is 1. The monoisotopic (exact) mass is 485 g/mol. The van der Waals surface area contributed by atoms with E-state index in [2.05, 4.69) is 15.2 Å². The molecule has 0 unspecified atom stereocenters. The third kappa shape index (κ3) is 5.86. The first-order chi connectivity index (χ1) is 15.3. The van der Waals surface area contributed by atoms with Crippen LogP contribution in [-0.4, -0.2) is 66.4 Å². The molecule has 176 valence electrons. The van der Waals surface area contributed by atoms with Crippen LogP contribution in [0.1, 0.15) is 26.3 Å². The van der Waals surface area contributed by atoms with E-state index in [1.165, 1.54) is 6.92 Å². The van der Waals surface area contributed by atoms with E-state index >= 15 is 0 Å². The van der Waals surface area contributed by atoms with E-state index in [-0.39, 0.29) is 19.6 Å². The molecule has 8 nitrogen and oxygen atoms in total. The fourth-order valence-corrected chi connectivity index (χ4v) is 3.97. The van der Waals surface area contributed by atoms with E-state index in [1.54, 1.807) is 20.0 Å². The lowest BCUT2D eigenvalue weighted by molar-refractivity contribution is -0.167. The van der Waals surface area contributed by atoms with Crippen molar-refractivity contribution in [2.75, 3.05) is 43.0 Å². The normalized spacial score (nSPS) is 11.3. The summed E-state index contributed by atoms with van der Waals surface area (Å²) in [5.74, 6) is -1.36. The summed E-state index contributed by atoms with van der Waals surface area (Å²) in [7, 11) is 0. The van der Waals surface area contributed by atoms with Gasteiger partial charge in [0.1, 0.15) is 0 Å². The zero-order chi connectivity index (χ0) is 23.7.